The van der Waals surface area contributed by atoms with E-state index in [0.717, 1.165) is 6.07 Å². The highest BCUT2D eigenvalue weighted by Crippen LogP contribution is 2.36. The molecule has 0 spiro atoms. The van der Waals surface area contributed by atoms with Crippen LogP contribution in [0.3, 0.4) is 0 Å². The van der Waals surface area contributed by atoms with Gasteiger partial charge in [-0.15, -0.1) is 0 Å². The van der Waals surface area contributed by atoms with E-state index in [9.17, 15) is 18.0 Å². The molecule has 0 saturated heterocycles. The number of alkyl halides is 3. The summed E-state index contributed by atoms with van der Waals surface area (Å²) in [5.41, 5.74) is 4.19. The molecule has 1 rings (SSSR count). The maximum atomic E-state index is 12.7. The second-order valence-corrected chi connectivity index (χ2v) is 4.60. The zero-order valence-corrected chi connectivity index (χ0v) is 10.9. The Morgan fingerprint density at radius 1 is 1.39 bits per heavy atom. The fourth-order valence-corrected chi connectivity index (χ4v) is 1.75. The maximum Gasteiger partial charge on any atom is 0.418 e. The van der Waals surface area contributed by atoms with Crippen molar-refractivity contribution < 1.29 is 18.0 Å². The van der Waals surface area contributed by atoms with E-state index in [1.54, 1.807) is 0 Å². The molecule has 7 heteroatoms. The lowest BCUT2D eigenvalue weighted by atomic mass is 10.1. The Morgan fingerprint density at radius 2 is 2.06 bits per heavy atom. The number of primary amides is 1. The molecule has 0 atom stereocenters. The quantitative estimate of drug-likeness (QED) is 0.817. The van der Waals surface area contributed by atoms with E-state index in [-0.39, 0.29) is 18.7 Å². The Balaban J connectivity index is 2.73. The number of hydrogen-bond donors (Lipinski definition) is 2. The van der Waals surface area contributed by atoms with E-state index in [1.807, 2.05) is 0 Å². The number of halogens is 4. The standard InChI is InChI=1S/C11H12BrF3N2O/c12-7-3-4-9(8(6-7)11(13,14)15)17-5-1-2-10(16)18/h3-4,6,17H,1-2,5H2,(H2,16,18). The molecule has 1 amide bonds. The van der Waals surface area contributed by atoms with E-state index in [1.165, 1.54) is 12.1 Å². The average molecular weight is 325 g/mol. The molecule has 0 aliphatic rings. The van der Waals surface area contributed by atoms with Crippen molar-refractivity contribution in [2.75, 3.05) is 11.9 Å². The van der Waals surface area contributed by atoms with Gasteiger partial charge in [-0.2, -0.15) is 13.2 Å². The number of carbonyl (C=O) groups excluding carboxylic acids is 1. The lowest BCUT2D eigenvalue weighted by Gasteiger charge is -2.14. The summed E-state index contributed by atoms with van der Waals surface area (Å²) in [7, 11) is 0. The predicted molar refractivity (Wildman–Crippen MR) is 66.1 cm³/mol. The monoisotopic (exact) mass is 324 g/mol. The summed E-state index contributed by atoms with van der Waals surface area (Å²) < 4.78 is 38.6. The molecule has 0 radical (unpaired) electrons. The largest absolute Gasteiger partial charge is 0.418 e. The van der Waals surface area contributed by atoms with Crippen LogP contribution in [0.4, 0.5) is 18.9 Å². The first-order valence-corrected chi connectivity index (χ1v) is 5.99. The molecule has 0 aliphatic heterocycles. The van der Waals surface area contributed by atoms with Crippen molar-refractivity contribution in [2.24, 2.45) is 5.73 Å². The number of rotatable bonds is 5. The zero-order chi connectivity index (χ0) is 13.8. The fraction of sp³-hybridized carbons (Fsp3) is 0.364. The number of amides is 1. The van der Waals surface area contributed by atoms with Gasteiger partial charge in [-0.3, -0.25) is 4.79 Å². The van der Waals surface area contributed by atoms with Crippen LogP contribution in [0.15, 0.2) is 22.7 Å². The van der Waals surface area contributed by atoms with Crippen LogP contribution >= 0.6 is 15.9 Å². The highest BCUT2D eigenvalue weighted by Gasteiger charge is 2.33. The molecule has 0 aromatic heterocycles. The summed E-state index contributed by atoms with van der Waals surface area (Å²) in [6.45, 7) is 0.258. The SMILES string of the molecule is NC(=O)CCCNc1ccc(Br)cc1C(F)(F)F. The molecule has 0 fully saturated rings. The van der Waals surface area contributed by atoms with Gasteiger partial charge in [0.1, 0.15) is 0 Å². The van der Waals surface area contributed by atoms with E-state index in [0.29, 0.717) is 10.9 Å². The van der Waals surface area contributed by atoms with E-state index in [2.05, 4.69) is 21.2 Å². The van der Waals surface area contributed by atoms with Gasteiger partial charge in [0.2, 0.25) is 5.91 Å². The van der Waals surface area contributed by atoms with Gasteiger partial charge in [0.15, 0.2) is 0 Å². The van der Waals surface area contributed by atoms with Crippen molar-refractivity contribution in [1.29, 1.82) is 0 Å². The van der Waals surface area contributed by atoms with Crippen LogP contribution in [-0.2, 0) is 11.0 Å². The number of anilines is 1. The summed E-state index contributed by atoms with van der Waals surface area (Å²) in [5.74, 6) is -0.469. The van der Waals surface area contributed by atoms with Crippen LogP contribution in [-0.4, -0.2) is 12.5 Å². The first-order chi connectivity index (χ1) is 8.30. The Hall–Kier alpha value is -1.24. The van der Waals surface area contributed by atoms with Gasteiger partial charge in [0.25, 0.3) is 0 Å². The van der Waals surface area contributed by atoms with Gasteiger partial charge in [-0.25, -0.2) is 0 Å². The lowest BCUT2D eigenvalue weighted by Crippen LogP contribution is -2.14. The van der Waals surface area contributed by atoms with Crippen molar-refractivity contribution in [2.45, 2.75) is 19.0 Å². The van der Waals surface area contributed by atoms with Crippen molar-refractivity contribution in [3.8, 4) is 0 Å². The molecule has 0 bridgehead atoms. The molecule has 0 saturated carbocycles. The third-order valence-corrected chi connectivity index (χ3v) is 2.70. The van der Waals surface area contributed by atoms with Crippen LogP contribution in [0.2, 0.25) is 0 Å². The van der Waals surface area contributed by atoms with Gasteiger partial charge in [0, 0.05) is 23.1 Å². The molecule has 1 aromatic carbocycles. The topological polar surface area (TPSA) is 55.1 Å². The number of carbonyl (C=O) groups is 1. The summed E-state index contributed by atoms with van der Waals surface area (Å²) in [6, 6.07) is 3.87. The molecular weight excluding hydrogens is 313 g/mol. The molecule has 0 aliphatic carbocycles. The zero-order valence-electron chi connectivity index (χ0n) is 9.35. The first kappa shape index (κ1) is 14.8. The fourth-order valence-electron chi connectivity index (χ4n) is 1.39. The van der Waals surface area contributed by atoms with Crippen molar-refractivity contribution in [3.05, 3.63) is 28.2 Å². The number of nitrogens with one attached hydrogen (secondary N) is 1. The van der Waals surface area contributed by atoms with Crippen LogP contribution in [0.5, 0.6) is 0 Å². The van der Waals surface area contributed by atoms with Crippen LogP contribution in [0, 0.1) is 0 Å². The molecule has 0 heterocycles. The summed E-state index contributed by atoms with van der Waals surface area (Å²) in [5, 5.41) is 2.65. The van der Waals surface area contributed by atoms with E-state index < -0.39 is 17.6 Å². The second kappa shape index (κ2) is 6.08. The normalized spacial score (nSPS) is 11.3. The molecule has 100 valence electrons. The lowest BCUT2D eigenvalue weighted by molar-refractivity contribution is -0.137. The van der Waals surface area contributed by atoms with Gasteiger partial charge in [0.05, 0.1) is 5.56 Å². The number of benzene rings is 1. The molecule has 1 aromatic rings. The minimum Gasteiger partial charge on any atom is -0.385 e. The Morgan fingerprint density at radius 3 is 2.61 bits per heavy atom. The second-order valence-electron chi connectivity index (χ2n) is 3.68. The summed E-state index contributed by atoms with van der Waals surface area (Å²) in [6.07, 6.45) is -3.89. The van der Waals surface area contributed by atoms with E-state index >= 15 is 0 Å². The Labute approximate surface area is 111 Å². The highest BCUT2D eigenvalue weighted by atomic mass is 79.9. The number of hydrogen-bond acceptors (Lipinski definition) is 2. The minimum atomic E-state index is -4.42. The summed E-state index contributed by atoms with van der Waals surface area (Å²) in [4.78, 5) is 10.5. The first-order valence-electron chi connectivity index (χ1n) is 5.19. The molecular formula is C11H12BrF3N2O. The van der Waals surface area contributed by atoms with Crippen LogP contribution in [0.25, 0.3) is 0 Å². The highest BCUT2D eigenvalue weighted by molar-refractivity contribution is 9.10. The van der Waals surface area contributed by atoms with E-state index in [4.69, 9.17) is 5.73 Å². The van der Waals surface area contributed by atoms with Gasteiger partial charge in [-0.05, 0) is 24.6 Å². The maximum absolute atomic E-state index is 12.7. The molecule has 3 N–H and O–H groups in total. The van der Waals surface area contributed by atoms with Crippen molar-refractivity contribution in [1.82, 2.24) is 0 Å². The third kappa shape index (κ3) is 4.56. The van der Waals surface area contributed by atoms with Crippen LogP contribution in [0.1, 0.15) is 18.4 Å². The van der Waals surface area contributed by atoms with Gasteiger partial charge >= 0.3 is 6.18 Å². The third-order valence-electron chi connectivity index (χ3n) is 2.20. The van der Waals surface area contributed by atoms with Crippen LogP contribution < -0.4 is 11.1 Å². The molecule has 3 nitrogen and oxygen atoms in total. The van der Waals surface area contributed by atoms with Crippen molar-refractivity contribution >= 4 is 27.5 Å². The Bertz CT molecular complexity index is 435. The van der Waals surface area contributed by atoms with Gasteiger partial charge < -0.3 is 11.1 Å². The summed E-state index contributed by atoms with van der Waals surface area (Å²) >= 11 is 3.00. The molecule has 18 heavy (non-hydrogen) atoms. The smallest absolute Gasteiger partial charge is 0.385 e. The Kier molecular flexibility index (Phi) is 5.01. The predicted octanol–water partition coefficient (Wildman–Crippen LogP) is 3.15. The minimum absolute atomic E-state index is 0.00447. The number of nitrogens with two attached hydrogens (primary N) is 1. The molecule has 0 unspecified atom stereocenters. The average Bonchev–Trinajstić information content (AvgIpc) is 2.24. The van der Waals surface area contributed by atoms with Crippen molar-refractivity contribution in [3.63, 3.8) is 0 Å². The van der Waals surface area contributed by atoms with Gasteiger partial charge in [-0.1, -0.05) is 15.9 Å².